The largest absolute Gasteiger partial charge is 0.353 e. The highest BCUT2D eigenvalue weighted by molar-refractivity contribution is 7.99. The molecule has 2 aromatic rings. The number of thioether (sulfide) groups is 1. The number of hydrogen-bond donors (Lipinski definition) is 2. The van der Waals surface area contributed by atoms with Crippen molar-refractivity contribution >= 4 is 29.3 Å². The Kier molecular flexibility index (Phi) is 6.34. The molecule has 0 bridgehead atoms. The second-order valence-electron chi connectivity index (χ2n) is 5.30. The summed E-state index contributed by atoms with van der Waals surface area (Å²) in [5.74, 6) is 1.20. The van der Waals surface area contributed by atoms with Gasteiger partial charge < -0.3 is 5.32 Å². The zero-order valence-corrected chi connectivity index (χ0v) is 14.3. The molecule has 2 N–H and O–H groups in total. The lowest BCUT2D eigenvalue weighted by molar-refractivity contribution is -0.119. The van der Waals surface area contributed by atoms with Gasteiger partial charge in [-0.15, -0.1) is 11.8 Å². The molecule has 0 spiro atoms. The van der Waals surface area contributed by atoms with Crippen molar-refractivity contribution in [3.63, 3.8) is 0 Å². The Morgan fingerprint density at radius 1 is 1.45 bits per heavy atom. The summed E-state index contributed by atoms with van der Waals surface area (Å²) in [5, 5.41) is 10.8. The number of carbonyl (C=O) groups is 1. The van der Waals surface area contributed by atoms with Crippen LogP contribution in [0, 0.1) is 6.92 Å². The van der Waals surface area contributed by atoms with Crippen molar-refractivity contribution in [3.05, 3.63) is 52.3 Å². The van der Waals surface area contributed by atoms with E-state index in [4.69, 9.17) is 11.6 Å². The van der Waals surface area contributed by atoms with Crippen molar-refractivity contribution in [1.29, 1.82) is 0 Å². The third-order valence-corrected chi connectivity index (χ3v) is 4.48. The normalized spacial score (nSPS) is 12.1. The van der Waals surface area contributed by atoms with Gasteiger partial charge in [0.1, 0.15) is 0 Å². The molecule has 0 saturated heterocycles. The van der Waals surface area contributed by atoms with Gasteiger partial charge in [0.25, 0.3) is 0 Å². The first-order valence-electron chi connectivity index (χ1n) is 7.16. The Hall–Kier alpha value is -1.46. The first-order chi connectivity index (χ1) is 10.5. The number of nitrogens with one attached hydrogen (secondary N) is 2. The third kappa shape index (κ3) is 5.39. The van der Waals surface area contributed by atoms with E-state index in [-0.39, 0.29) is 11.9 Å². The molecular weight excluding hydrogens is 318 g/mol. The molecule has 0 aliphatic rings. The van der Waals surface area contributed by atoms with Gasteiger partial charge in [-0.3, -0.25) is 9.89 Å². The van der Waals surface area contributed by atoms with Crippen LogP contribution in [-0.4, -0.2) is 27.9 Å². The fourth-order valence-electron chi connectivity index (χ4n) is 2.13. The van der Waals surface area contributed by atoms with Gasteiger partial charge >= 0.3 is 0 Å². The zero-order chi connectivity index (χ0) is 15.9. The van der Waals surface area contributed by atoms with Crippen LogP contribution in [0.3, 0.4) is 0 Å². The van der Waals surface area contributed by atoms with Gasteiger partial charge in [0.2, 0.25) is 5.91 Å². The number of amides is 1. The van der Waals surface area contributed by atoms with Crippen molar-refractivity contribution < 1.29 is 4.79 Å². The van der Waals surface area contributed by atoms with Crippen LogP contribution >= 0.6 is 23.4 Å². The van der Waals surface area contributed by atoms with E-state index >= 15 is 0 Å². The van der Waals surface area contributed by atoms with Crippen LogP contribution in [-0.2, 0) is 17.0 Å². The van der Waals surface area contributed by atoms with Crippen LogP contribution in [0.4, 0.5) is 0 Å². The van der Waals surface area contributed by atoms with E-state index in [2.05, 4.69) is 15.5 Å². The minimum absolute atomic E-state index is 0.0387. The second kappa shape index (κ2) is 8.25. The first-order valence-corrected chi connectivity index (χ1v) is 8.69. The third-order valence-electron chi connectivity index (χ3n) is 3.13. The molecule has 1 amide bonds. The standard InChI is InChI=1S/C16H20ClN3OS/c1-11(7-14-8-12(2)19-20-14)18-16(21)10-22-9-13-5-3-4-6-15(13)17/h3-6,8,11H,7,9-10H2,1-2H3,(H,18,21)(H,19,20). The molecule has 1 heterocycles. The lowest BCUT2D eigenvalue weighted by Gasteiger charge is -2.12. The predicted molar refractivity (Wildman–Crippen MR) is 92.2 cm³/mol. The lowest BCUT2D eigenvalue weighted by Crippen LogP contribution is -2.35. The summed E-state index contributed by atoms with van der Waals surface area (Å²) in [5.41, 5.74) is 3.06. The molecule has 6 heteroatoms. The minimum atomic E-state index is 0.0387. The summed E-state index contributed by atoms with van der Waals surface area (Å²) in [6.45, 7) is 3.95. The fraction of sp³-hybridized carbons (Fsp3) is 0.375. The SMILES string of the molecule is Cc1cc(CC(C)NC(=O)CSCc2ccccc2Cl)n[nH]1. The van der Waals surface area contributed by atoms with E-state index in [0.717, 1.165) is 34.1 Å². The maximum atomic E-state index is 11.9. The summed E-state index contributed by atoms with van der Waals surface area (Å²) in [7, 11) is 0. The maximum Gasteiger partial charge on any atom is 0.230 e. The quantitative estimate of drug-likeness (QED) is 0.814. The lowest BCUT2D eigenvalue weighted by atomic mass is 10.2. The number of H-pyrrole nitrogens is 1. The van der Waals surface area contributed by atoms with Crippen molar-refractivity contribution in [3.8, 4) is 0 Å². The molecule has 0 fully saturated rings. The molecule has 0 aliphatic carbocycles. The topological polar surface area (TPSA) is 57.8 Å². The van der Waals surface area contributed by atoms with E-state index in [9.17, 15) is 4.79 Å². The summed E-state index contributed by atoms with van der Waals surface area (Å²) < 4.78 is 0. The van der Waals surface area contributed by atoms with Gasteiger partial charge in [0.15, 0.2) is 0 Å². The molecule has 2 rings (SSSR count). The minimum Gasteiger partial charge on any atom is -0.353 e. The van der Waals surface area contributed by atoms with Crippen molar-refractivity contribution in [1.82, 2.24) is 15.5 Å². The van der Waals surface area contributed by atoms with Crippen LogP contribution in [0.1, 0.15) is 23.9 Å². The molecule has 1 aromatic heterocycles. The van der Waals surface area contributed by atoms with Gasteiger partial charge in [0.05, 0.1) is 11.4 Å². The average Bonchev–Trinajstić information content (AvgIpc) is 2.86. The number of aromatic amines is 1. The molecule has 4 nitrogen and oxygen atoms in total. The second-order valence-corrected chi connectivity index (χ2v) is 6.69. The Labute approximate surface area is 140 Å². The molecule has 22 heavy (non-hydrogen) atoms. The van der Waals surface area contributed by atoms with Crippen LogP contribution < -0.4 is 5.32 Å². The highest BCUT2D eigenvalue weighted by Gasteiger charge is 2.10. The molecular formula is C16H20ClN3OS. The Morgan fingerprint density at radius 2 is 2.23 bits per heavy atom. The number of halogens is 1. The summed E-state index contributed by atoms with van der Waals surface area (Å²) in [6, 6.07) is 9.77. The molecule has 0 saturated carbocycles. The molecule has 0 aliphatic heterocycles. The molecule has 1 unspecified atom stereocenters. The Balaban J connectivity index is 1.70. The van der Waals surface area contributed by atoms with Crippen molar-refractivity contribution in [2.24, 2.45) is 0 Å². The van der Waals surface area contributed by atoms with E-state index in [0.29, 0.717) is 5.75 Å². The van der Waals surface area contributed by atoms with Crippen molar-refractivity contribution in [2.75, 3.05) is 5.75 Å². The highest BCUT2D eigenvalue weighted by Crippen LogP contribution is 2.20. The predicted octanol–water partition coefficient (Wildman–Crippen LogP) is 3.35. The van der Waals surface area contributed by atoms with E-state index in [1.807, 2.05) is 44.2 Å². The number of nitrogens with zero attached hydrogens (tertiary/aromatic N) is 1. The number of carbonyl (C=O) groups excluding carboxylic acids is 1. The summed E-state index contributed by atoms with van der Waals surface area (Å²) in [4.78, 5) is 11.9. The molecule has 1 atom stereocenters. The van der Waals surface area contributed by atoms with Crippen LogP contribution in [0.2, 0.25) is 5.02 Å². The number of rotatable bonds is 7. The van der Waals surface area contributed by atoms with Gasteiger partial charge in [-0.25, -0.2) is 0 Å². The highest BCUT2D eigenvalue weighted by atomic mass is 35.5. The number of benzene rings is 1. The smallest absolute Gasteiger partial charge is 0.230 e. The average molecular weight is 338 g/mol. The van der Waals surface area contributed by atoms with E-state index < -0.39 is 0 Å². The van der Waals surface area contributed by atoms with E-state index in [1.54, 1.807) is 11.8 Å². The monoisotopic (exact) mass is 337 g/mol. The molecule has 118 valence electrons. The molecule has 1 aromatic carbocycles. The Morgan fingerprint density at radius 3 is 2.91 bits per heavy atom. The fourth-order valence-corrected chi connectivity index (χ4v) is 3.25. The summed E-state index contributed by atoms with van der Waals surface area (Å²) >= 11 is 7.66. The van der Waals surface area contributed by atoms with Gasteiger partial charge in [-0.05, 0) is 31.5 Å². The number of hydrogen-bond acceptors (Lipinski definition) is 3. The number of aryl methyl sites for hydroxylation is 1. The van der Waals surface area contributed by atoms with Gasteiger partial charge in [-0.2, -0.15) is 5.10 Å². The van der Waals surface area contributed by atoms with Crippen LogP contribution in [0.15, 0.2) is 30.3 Å². The van der Waals surface area contributed by atoms with Gasteiger partial charge in [0, 0.05) is 28.9 Å². The summed E-state index contributed by atoms with van der Waals surface area (Å²) in [6.07, 6.45) is 0.727. The zero-order valence-electron chi connectivity index (χ0n) is 12.7. The maximum absolute atomic E-state index is 11.9. The Bertz CT molecular complexity index is 629. The number of aromatic nitrogens is 2. The van der Waals surface area contributed by atoms with Crippen molar-refractivity contribution in [2.45, 2.75) is 32.1 Å². The molecule has 0 radical (unpaired) electrons. The van der Waals surface area contributed by atoms with Crippen LogP contribution in [0.5, 0.6) is 0 Å². The van der Waals surface area contributed by atoms with Gasteiger partial charge in [-0.1, -0.05) is 29.8 Å². The van der Waals surface area contributed by atoms with E-state index in [1.165, 1.54) is 0 Å². The first kappa shape index (κ1) is 16.9. The van der Waals surface area contributed by atoms with Crippen LogP contribution in [0.25, 0.3) is 0 Å².